The molecule has 0 saturated carbocycles. The largest absolute Gasteiger partial charge is 0.379 e. The van der Waals surface area contributed by atoms with Gasteiger partial charge in [0.2, 0.25) is 0 Å². The Morgan fingerprint density at radius 2 is 2.05 bits per heavy atom. The minimum atomic E-state index is -1.47. The van der Waals surface area contributed by atoms with E-state index in [0.717, 1.165) is 6.54 Å². The van der Waals surface area contributed by atoms with Gasteiger partial charge in [0.25, 0.3) is 0 Å². The summed E-state index contributed by atoms with van der Waals surface area (Å²) in [7, 11) is 3.93. The predicted molar refractivity (Wildman–Crippen MR) is 83.6 cm³/mol. The van der Waals surface area contributed by atoms with E-state index in [1.807, 2.05) is 19.0 Å². The predicted octanol–water partition coefficient (Wildman–Crippen LogP) is 2.60. The quantitative estimate of drug-likeness (QED) is 0.896. The number of likely N-dealkylation sites (N-methyl/N-ethyl adjacent to an activating group) is 1. The molecule has 0 bridgehead atoms. The van der Waals surface area contributed by atoms with Crippen LogP contribution in [0.15, 0.2) is 34.9 Å². The van der Waals surface area contributed by atoms with Gasteiger partial charge < -0.3 is 10.0 Å². The van der Waals surface area contributed by atoms with Crippen molar-refractivity contribution in [3.05, 3.63) is 52.0 Å². The molecule has 0 fully saturated rings. The number of hydrogen-bond donors (Lipinski definition) is 1. The standard InChI is InChI=1S/C15H19BrFN3O/c1-15(21,11-6-4-5-7-13(11)17)14-12(16)10-18-20(14)9-8-19(2)3/h4-7,10,21H,8-9H2,1-3H3. The second-order valence-electron chi connectivity index (χ2n) is 5.42. The van der Waals surface area contributed by atoms with Crippen molar-refractivity contribution in [3.8, 4) is 0 Å². The Balaban J connectivity index is 2.45. The zero-order valence-corrected chi connectivity index (χ0v) is 13.9. The SMILES string of the molecule is CN(C)CCn1ncc(Br)c1C(C)(O)c1ccccc1F. The number of aromatic nitrogens is 2. The van der Waals surface area contributed by atoms with E-state index in [9.17, 15) is 9.50 Å². The maximum absolute atomic E-state index is 14.0. The summed E-state index contributed by atoms with van der Waals surface area (Å²) in [6.45, 7) is 2.96. The lowest BCUT2D eigenvalue weighted by molar-refractivity contribution is 0.0860. The lowest BCUT2D eigenvalue weighted by Gasteiger charge is -2.26. The van der Waals surface area contributed by atoms with Gasteiger partial charge in [-0.2, -0.15) is 5.10 Å². The van der Waals surface area contributed by atoms with Crippen LogP contribution in [0.25, 0.3) is 0 Å². The summed E-state index contributed by atoms with van der Waals surface area (Å²) < 4.78 is 16.4. The molecule has 1 aromatic carbocycles. The summed E-state index contributed by atoms with van der Waals surface area (Å²) in [5.41, 5.74) is -0.681. The zero-order valence-electron chi connectivity index (χ0n) is 12.3. The van der Waals surface area contributed by atoms with Gasteiger partial charge in [-0.3, -0.25) is 4.68 Å². The van der Waals surface area contributed by atoms with Crippen LogP contribution < -0.4 is 0 Å². The molecule has 0 aliphatic rings. The van der Waals surface area contributed by atoms with E-state index in [4.69, 9.17) is 0 Å². The highest BCUT2D eigenvalue weighted by molar-refractivity contribution is 9.10. The third-order valence-electron chi connectivity index (χ3n) is 3.41. The van der Waals surface area contributed by atoms with Crippen LogP contribution in [-0.4, -0.2) is 40.4 Å². The fourth-order valence-corrected chi connectivity index (χ4v) is 2.98. The fourth-order valence-electron chi connectivity index (χ4n) is 2.29. The van der Waals surface area contributed by atoms with E-state index in [-0.39, 0.29) is 5.56 Å². The van der Waals surface area contributed by atoms with Gasteiger partial charge in [-0.15, -0.1) is 0 Å². The maximum Gasteiger partial charge on any atom is 0.132 e. The van der Waals surface area contributed by atoms with Crippen molar-refractivity contribution < 1.29 is 9.50 Å². The Morgan fingerprint density at radius 1 is 1.38 bits per heavy atom. The first kappa shape index (κ1) is 16.1. The van der Waals surface area contributed by atoms with Crippen molar-refractivity contribution in [1.29, 1.82) is 0 Å². The summed E-state index contributed by atoms with van der Waals surface area (Å²) >= 11 is 3.40. The molecule has 0 saturated heterocycles. The number of hydrogen-bond acceptors (Lipinski definition) is 3. The minimum Gasteiger partial charge on any atom is -0.379 e. The first-order valence-electron chi connectivity index (χ1n) is 6.68. The second kappa shape index (κ2) is 6.25. The van der Waals surface area contributed by atoms with Crippen LogP contribution >= 0.6 is 15.9 Å². The zero-order chi connectivity index (χ0) is 15.6. The van der Waals surface area contributed by atoms with Crippen molar-refractivity contribution >= 4 is 15.9 Å². The number of nitrogens with zero attached hydrogens (tertiary/aromatic N) is 3. The highest BCUT2D eigenvalue weighted by Crippen LogP contribution is 2.35. The van der Waals surface area contributed by atoms with Gasteiger partial charge in [0.15, 0.2) is 0 Å². The third kappa shape index (κ3) is 3.33. The van der Waals surface area contributed by atoms with E-state index in [2.05, 4.69) is 21.0 Å². The summed E-state index contributed by atoms with van der Waals surface area (Å²) in [5, 5.41) is 15.2. The Bertz CT molecular complexity index is 625. The van der Waals surface area contributed by atoms with Gasteiger partial charge >= 0.3 is 0 Å². The Hall–Kier alpha value is -1.24. The van der Waals surface area contributed by atoms with Crippen molar-refractivity contribution in [2.75, 3.05) is 20.6 Å². The van der Waals surface area contributed by atoms with Crippen LogP contribution in [0.3, 0.4) is 0 Å². The van der Waals surface area contributed by atoms with Crippen molar-refractivity contribution in [3.63, 3.8) is 0 Å². The molecule has 1 heterocycles. The topological polar surface area (TPSA) is 41.3 Å². The second-order valence-corrected chi connectivity index (χ2v) is 6.27. The number of rotatable bonds is 5. The molecule has 114 valence electrons. The van der Waals surface area contributed by atoms with Gasteiger partial charge in [-0.05, 0) is 43.0 Å². The fraction of sp³-hybridized carbons (Fsp3) is 0.400. The van der Waals surface area contributed by atoms with Crippen LogP contribution in [0.5, 0.6) is 0 Å². The molecule has 0 amide bonds. The van der Waals surface area contributed by atoms with Gasteiger partial charge in [-0.25, -0.2) is 4.39 Å². The molecule has 0 radical (unpaired) electrons. The molecule has 1 unspecified atom stereocenters. The first-order valence-corrected chi connectivity index (χ1v) is 7.47. The van der Waals surface area contributed by atoms with Crippen LogP contribution in [0, 0.1) is 5.82 Å². The average Bonchev–Trinajstić information content (AvgIpc) is 2.78. The van der Waals surface area contributed by atoms with Gasteiger partial charge in [0.05, 0.1) is 22.9 Å². The monoisotopic (exact) mass is 355 g/mol. The molecule has 0 spiro atoms. The van der Waals surface area contributed by atoms with Crippen LogP contribution in [0.1, 0.15) is 18.2 Å². The molecule has 1 N–H and O–H groups in total. The average molecular weight is 356 g/mol. The van der Waals surface area contributed by atoms with Crippen molar-refractivity contribution in [1.82, 2.24) is 14.7 Å². The molecule has 0 aliphatic carbocycles. The number of halogens is 2. The van der Waals surface area contributed by atoms with Crippen molar-refractivity contribution in [2.45, 2.75) is 19.1 Å². The smallest absolute Gasteiger partial charge is 0.132 e. The summed E-state index contributed by atoms with van der Waals surface area (Å²) in [6, 6.07) is 6.25. The third-order valence-corrected chi connectivity index (χ3v) is 3.99. The summed E-state index contributed by atoms with van der Waals surface area (Å²) in [5.74, 6) is -0.435. The highest BCUT2D eigenvalue weighted by Gasteiger charge is 2.34. The number of benzene rings is 1. The van der Waals surface area contributed by atoms with E-state index in [1.165, 1.54) is 6.07 Å². The molecular formula is C15H19BrFN3O. The number of aliphatic hydroxyl groups is 1. The van der Waals surface area contributed by atoms with E-state index in [1.54, 1.807) is 36.0 Å². The maximum atomic E-state index is 14.0. The molecule has 21 heavy (non-hydrogen) atoms. The lowest BCUT2D eigenvalue weighted by atomic mass is 9.92. The molecule has 4 nitrogen and oxygen atoms in total. The van der Waals surface area contributed by atoms with Crippen LogP contribution in [0.4, 0.5) is 4.39 Å². The Morgan fingerprint density at radius 3 is 2.67 bits per heavy atom. The Kier molecular flexibility index (Phi) is 4.81. The van der Waals surface area contributed by atoms with Gasteiger partial charge in [0.1, 0.15) is 11.4 Å². The van der Waals surface area contributed by atoms with Crippen LogP contribution in [-0.2, 0) is 12.1 Å². The molecule has 0 aliphatic heterocycles. The van der Waals surface area contributed by atoms with Crippen LogP contribution in [0.2, 0.25) is 0 Å². The summed E-state index contributed by atoms with van der Waals surface area (Å²) in [6.07, 6.45) is 1.63. The normalized spacial score (nSPS) is 14.4. The molecule has 6 heteroatoms. The highest BCUT2D eigenvalue weighted by atomic mass is 79.9. The minimum absolute atomic E-state index is 0.234. The Labute approximate surface area is 132 Å². The van der Waals surface area contributed by atoms with Gasteiger partial charge in [0, 0.05) is 12.1 Å². The molecule has 2 aromatic rings. The van der Waals surface area contributed by atoms with E-state index < -0.39 is 11.4 Å². The summed E-state index contributed by atoms with van der Waals surface area (Å²) in [4.78, 5) is 2.02. The van der Waals surface area contributed by atoms with E-state index in [0.29, 0.717) is 16.7 Å². The first-order chi connectivity index (χ1) is 9.84. The molecule has 1 aromatic heterocycles. The molecule has 1 atom stereocenters. The molecular weight excluding hydrogens is 337 g/mol. The van der Waals surface area contributed by atoms with Gasteiger partial charge in [-0.1, -0.05) is 18.2 Å². The molecule has 2 rings (SSSR count). The van der Waals surface area contributed by atoms with Crippen molar-refractivity contribution in [2.24, 2.45) is 0 Å². The van der Waals surface area contributed by atoms with E-state index >= 15 is 0 Å². The lowest BCUT2D eigenvalue weighted by Crippen LogP contribution is -2.30.